The summed E-state index contributed by atoms with van der Waals surface area (Å²) in [7, 11) is 1.63. The molecule has 1 fully saturated rings. The molecule has 0 saturated carbocycles. The highest BCUT2D eigenvalue weighted by Crippen LogP contribution is 2.37. The average molecular weight is 485 g/mol. The third kappa shape index (κ3) is 5.50. The van der Waals surface area contributed by atoms with E-state index in [-0.39, 0.29) is 5.82 Å². The molecular formula is C25H26BrFN2O2. The Labute approximate surface area is 191 Å². The molecule has 1 heterocycles. The summed E-state index contributed by atoms with van der Waals surface area (Å²) in [5.41, 5.74) is 4.32. The Kier molecular flexibility index (Phi) is 6.97. The minimum atomic E-state index is -0.259. The van der Waals surface area contributed by atoms with Gasteiger partial charge in [0.1, 0.15) is 12.4 Å². The molecule has 1 aliphatic heterocycles. The second-order valence-electron chi connectivity index (χ2n) is 7.62. The third-order valence-electron chi connectivity index (χ3n) is 5.42. The number of rotatable bonds is 8. The van der Waals surface area contributed by atoms with Crippen LogP contribution in [0, 0.1) is 5.82 Å². The van der Waals surface area contributed by atoms with Gasteiger partial charge in [0.25, 0.3) is 0 Å². The van der Waals surface area contributed by atoms with E-state index in [9.17, 15) is 4.39 Å². The zero-order chi connectivity index (χ0) is 21.6. The highest BCUT2D eigenvalue weighted by atomic mass is 79.9. The summed E-state index contributed by atoms with van der Waals surface area (Å²) in [6.45, 7) is 3.29. The zero-order valence-corrected chi connectivity index (χ0v) is 19.1. The Morgan fingerprint density at radius 3 is 2.35 bits per heavy atom. The molecule has 3 aromatic carbocycles. The molecule has 4 rings (SSSR count). The molecule has 0 bridgehead atoms. The minimum Gasteiger partial charge on any atom is -0.493 e. The van der Waals surface area contributed by atoms with Crippen LogP contribution in [0.3, 0.4) is 0 Å². The second kappa shape index (κ2) is 10.1. The lowest BCUT2D eigenvalue weighted by molar-refractivity contribution is 0.282. The monoisotopic (exact) mass is 484 g/mol. The summed E-state index contributed by atoms with van der Waals surface area (Å²) in [5.74, 6) is 1.02. The van der Waals surface area contributed by atoms with Crippen LogP contribution in [0.25, 0.3) is 0 Å². The van der Waals surface area contributed by atoms with E-state index >= 15 is 0 Å². The summed E-state index contributed by atoms with van der Waals surface area (Å²) in [6.07, 6.45) is 2.56. The Bertz CT molecular complexity index is 1000. The van der Waals surface area contributed by atoms with E-state index in [4.69, 9.17) is 9.47 Å². The molecule has 31 heavy (non-hydrogen) atoms. The minimum absolute atomic E-state index is 0.259. The maximum absolute atomic E-state index is 13.1. The predicted molar refractivity (Wildman–Crippen MR) is 127 cm³/mol. The van der Waals surface area contributed by atoms with E-state index in [2.05, 4.69) is 50.4 Å². The van der Waals surface area contributed by atoms with Crippen molar-refractivity contribution in [3.8, 4) is 11.5 Å². The Balaban J connectivity index is 1.39. The highest BCUT2D eigenvalue weighted by Gasteiger charge is 2.13. The number of nitrogens with one attached hydrogen (secondary N) is 1. The van der Waals surface area contributed by atoms with Crippen LogP contribution in [0.2, 0.25) is 0 Å². The van der Waals surface area contributed by atoms with E-state index in [0.29, 0.717) is 24.7 Å². The molecule has 4 nitrogen and oxygen atoms in total. The first-order chi connectivity index (χ1) is 15.1. The molecule has 0 aromatic heterocycles. The molecular weight excluding hydrogens is 459 g/mol. The molecule has 1 aliphatic rings. The van der Waals surface area contributed by atoms with Gasteiger partial charge in [-0.05, 0) is 88.4 Å². The average Bonchev–Trinajstić information content (AvgIpc) is 3.33. The number of ether oxygens (including phenoxy) is 2. The van der Waals surface area contributed by atoms with Gasteiger partial charge in [0.15, 0.2) is 11.5 Å². The molecule has 0 spiro atoms. The van der Waals surface area contributed by atoms with Crippen LogP contribution in [-0.4, -0.2) is 20.2 Å². The van der Waals surface area contributed by atoms with Crippen LogP contribution < -0.4 is 19.7 Å². The van der Waals surface area contributed by atoms with Gasteiger partial charge in [-0.25, -0.2) is 4.39 Å². The molecule has 0 radical (unpaired) electrons. The molecule has 6 heteroatoms. The fourth-order valence-electron chi connectivity index (χ4n) is 3.72. The lowest BCUT2D eigenvalue weighted by Gasteiger charge is -2.18. The van der Waals surface area contributed by atoms with Crippen molar-refractivity contribution < 1.29 is 13.9 Å². The largest absolute Gasteiger partial charge is 0.493 e. The van der Waals surface area contributed by atoms with Gasteiger partial charge in [-0.3, -0.25) is 0 Å². The van der Waals surface area contributed by atoms with Crippen molar-refractivity contribution >= 4 is 27.3 Å². The van der Waals surface area contributed by atoms with Gasteiger partial charge in [0.2, 0.25) is 0 Å². The fourth-order valence-corrected chi connectivity index (χ4v) is 4.32. The van der Waals surface area contributed by atoms with Crippen LogP contribution >= 0.6 is 15.9 Å². The molecule has 1 N–H and O–H groups in total. The lowest BCUT2D eigenvalue weighted by Crippen LogP contribution is -2.17. The van der Waals surface area contributed by atoms with Crippen molar-refractivity contribution in [1.29, 1.82) is 0 Å². The summed E-state index contributed by atoms with van der Waals surface area (Å²) in [4.78, 5) is 2.43. The van der Waals surface area contributed by atoms with Crippen molar-refractivity contribution in [2.75, 3.05) is 30.4 Å². The first-order valence-electron chi connectivity index (χ1n) is 10.4. The summed E-state index contributed by atoms with van der Waals surface area (Å²) >= 11 is 3.60. The van der Waals surface area contributed by atoms with Gasteiger partial charge in [-0.15, -0.1) is 0 Å². The molecule has 0 unspecified atom stereocenters. The van der Waals surface area contributed by atoms with E-state index in [1.807, 2.05) is 12.1 Å². The Morgan fingerprint density at radius 2 is 1.68 bits per heavy atom. The lowest BCUT2D eigenvalue weighted by atomic mass is 10.2. The van der Waals surface area contributed by atoms with Crippen LogP contribution in [0.15, 0.2) is 65.1 Å². The van der Waals surface area contributed by atoms with Gasteiger partial charge in [0, 0.05) is 31.0 Å². The topological polar surface area (TPSA) is 33.7 Å². The number of hydrogen-bond acceptors (Lipinski definition) is 4. The summed E-state index contributed by atoms with van der Waals surface area (Å²) in [6, 6.07) is 18.9. The first-order valence-corrected chi connectivity index (χ1v) is 11.2. The Hall–Kier alpha value is -2.73. The standard InChI is InChI=1S/C25H26BrFN2O2/c1-30-24-15-19(14-23(26)25(24)31-17-18-4-6-20(27)7-5-18)16-28-21-8-10-22(11-9-21)29-12-2-3-13-29/h4-11,14-15,28H,2-3,12-13,16-17H2,1H3. The number of halogens is 2. The molecule has 3 aromatic rings. The van der Waals surface area contributed by atoms with E-state index in [1.165, 1.54) is 30.7 Å². The number of methoxy groups -OCH3 is 1. The fraction of sp³-hybridized carbons (Fsp3) is 0.280. The van der Waals surface area contributed by atoms with Crippen LogP contribution in [-0.2, 0) is 13.2 Å². The van der Waals surface area contributed by atoms with Gasteiger partial charge in [0.05, 0.1) is 11.6 Å². The molecule has 162 valence electrons. The van der Waals surface area contributed by atoms with Crippen molar-refractivity contribution in [1.82, 2.24) is 0 Å². The first kappa shape index (κ1) is 21.5. The van der Waals surface area contributed by atoms with E-state index < -0.39 is 0 Å². The normalized spacial score (nSPS) is 13.3. The molecule has 0 amide bonds. The summed E-state index contributed by atoms with van der Waals surface area (Å²) in [5, 5.41) is 3.47. The molecule has 0 aliphatic carbocycles. The van der Waals surface area contributed by atoms with Crippen LogP contribution in [0.4, 0.5) is 15.8 Å². The van der Waals surface area contributed by atoms with Crippen LogP contribution in [0.1, 0.15) is 24.0 Å². The number of nitrogens with zero attached hydrogens (tertiary/aromatic N) is 1. The van der Waals surface area contributed by atoms with Gasteiger partial charge in [-0.1, -0.05) is 12.1 Å². The van der Waals surface area contributed by atoms with Crippen molar-refractivity contribution in [3.63, 3.8) is 0 Å². The number of anilines is 2. The Morgan fingerprint density at radius 1 is 0.968 bits per heavy atom. The van der Waals surface area contributed by atoms with Gasteiger partial charge >= 0.3 is 0 Å². The number of benzene rings is 3. The van der Waals surface area contributed by atoms with Gasteiger partial charge < -0.3 is 19.7 Å². The van der Waals surface area contributed by atoms with Crippen molar-refractivity contribution in [2.45, 2.75) is 26.0 Å². The van der Waals surface area contributed by atoms with Crippen molar-refractivity contribution in [3.05, 3.63) is 82.1 Å². The van der Waals surface area contributed by atoms with E-state index in [1.54, 1.807) is 19.2 Å². The third-order valence-corrected chi connectivity index (χ3v) is 6.01. The van der Waals surface area contributed by atoms with E-state index in [0.717, 1.165) is 34.4 Å². The number of hydrogen-bond donors (Lipinski definition) is 1. The summed E-state index contributed by atoms with van der Waals surface area (Å²) < 4.78 is 25.4. The quantitative estimate of drug-likeness (QED) is 0.401. The molecule has 0 atom stereocenters. The zero-order valence-electron chi connectivity index (χ0n) is 17.5. The predicted octanol–water partition coefficient (Wildman–Crippen LogP) is 6.39. The SMILES string of the molecule is COc1cc(CNc2ccc(N3CCCC3)cc2)cc(Br)c1OCc1ccc(F)cc1. The van der Waals surface area contributed by atoms with Gasteiger partial charge in [-0.2, -0.15) is 0 Å². The smallest absolute Gasteiger partial charge is 0.175 e. The second-order valence-corrected chi connectivity index (χ2v) is 8.47. The maximum atomic E-state index is 13.1. The highest BCUT2D eigenvalue weighted by molar-refractivity contribution is 9.10. The van der Waals surface area contributed by atoms with Crippen LogP contribution in [0.5, 0.6) is 11.5 Å². The molecule has 1 saturated heterocycles. The maximum Gasteiger partial charge on any atom is 0.175 e. The van der Waals surface area contributed by atoms with Crippen molar-refractivity contribution in [2.24, 2.45) is 0 Å².